The second-order valence-electron chi connectivity index (χ2n) is 4.96. The first-order valence-corrected chi connectivity index (χ1v) is 7.63. The number of halogens is 1. The zero-order valence-electron chi connectivity index (χ0n) is 12.8. The van der Waals surface area contributed by atoms with Gasteiger partial charge in [0.1, 0.15) is 5.69 Å². The van der Waals surface area contributed by atoms with Crippen LogP contribution in [0.3, 0.4) is 0 Å². The third-order valence-corrected chi connectivity index (χ3v) is 3.91. The molecule has 3 rings (SSSR count). The number of anilines is 1. The van der Waals surface area contributed by atoms with Gasteiger partial charge in [-0.2, -0.15) is 0 Å². The highest BCUT2D eigenvalue weighted by molar-refractivity contribution is 6.33. The lowest BCUT2D eigenvalue weighted by atomic mass is 10.2. The maximum Gasteiger partial charge on any atom is 0.274 e. The molecular weight excluding hydrogens is 314 g/mol. The topological polar surface area (TPSA) is 55.6 Å². The van der Waals surface area contributed by atoms with Gasteiger partial charge in [-0.05, 0) is 30.7 Å². The quantitative estimate of drug-likeness (QED) is 0.791. The van der Waals surface area contributed by atoms with E-state index in [1.807, 2.05) is 31.2 Å². The van der Waals surface area contributed by atoms with Crippen LogP contribution in [0.5, 0.6) is 5.75 Å². The summed E-state index contributed by atoms with van der Waals surface area (Å²) in [7, 11) is 1.58. The Morgan fingerprint density at radius 3 is 2.78 bits per heavy atom. The third-order valence-electron chi connectivity index (χ3n) is 3.58. The monoisotopic (exact) mass is 329 g/mol. The smallest absolute Gasteiger partial charge is 0.274 e. The summed E-state index contributed by atoms with van der Waals surface area (Å²) in [5.74, 6) is 0.370. The van der Waals surface area contributed by atoms with Crippen molar-refractivity contribution in [2.45, 2.75) is 13.3 Å². The maximum atomic E-state index is 12.7. The summed E-state index contributed by atoms with van der Waals surface area (Å²) in [5.41, 5.74) is 2.38. The predicted octanol–water partition coefficient (Wildman–Crippen LogP) is 3.81. The minimum absolute atomic E-state index is 0.254. The maximum absolute atomic E-state index is 12.7. The Bertz CT molecular complexity index is 873. The van der Waals surface area contributed by atoms with Crippen LogP contribution in [0.2, 0.25) is 5.02 Å². The van der Waals surface area contributed by atoms with Gasteiger partial charge in [-0.25, -0.2) is 4.98 Å². The van der Waals surface area contributed by atoms with Crippen LogP contribution in [-0.2, 0) is 6.42 Å². The van der Waals surface area contributed by atoms with Gasteiger partial charge in [-0.15, -0.1) is 0 Å². The number of hydrogen-bond donors (Lipinski definition) is 1. The van der Waals surface area contributed by atoms with E-state index in [0.29, 0.717) is 39.9 Å². The van der Waals surface area contributed by atoms with E-state index in [2.05, 4.69) is 10.3 Å². The first kappa shape index (κ1) is 15.4. The summed E-state index contributed by atoms with van der Waals surface area (Å²) in [6.07, 6.45) is 2.43. The number of carbonyl (C=O) groups is 1. The normalized spacial score (nSPS) is 10.7. The number of benzene rings is 1. The Morgan fingerprint density at radius 1 is 1.30 bits per heavy atom. The van der Waals surface area contributed by atoms with Crippen LogP contribution in [0.25, 0.3) is 5.65 Å². The molecule has 0 fully saturated rings. The first-order valence-electron chi connectivity index (χ1n) is 7.25. The number of imidazole rings is 1. The summed E-state index contributed by atoms with van der Waals surface area (Å²) in [4.78, 5) is 17.3. The largest absolute Gasteiger partial charge is 0.493 e. The Kier molecular flexibility index (Phi) is 4.21. The lowest BCUT2D eigenvalue weighted by molar-refractivity contribution is 0.102. The first-order chi connectivity index (χ1) is 11.2. The summed E-state index contributed by atoms with van der Waals surface area (Å²) in [6.45, 7) is 1.96. The number of fused-ring (bicyclic) bond motifs is 1. The molecule has 0 aliphatic rings. The van der Waals surface area contributed by atoms with Crippen molar-refractivity contribution in [2.75, 3.05) is 12.4 Å². The van der Waals surface area contributed by atoms with Gasteiger partial charge in [0.2, 0.25) is 0 Å². The van der Waals surface area contributed by atoms with Gasteiger partial charge in [0.15, 0.2) is 11.4 Å². The van der Waals surface area contributed by atoms with Crippen molar-refractivity contribution < 1.29 is 9.53 Å². The SMILES string of the molecule is CCc1nc2c(OC)cccn2c1C(=O)Nc1ccccc1Cl. The van der Waals surface area contributed by atoms with Gasteiger partial charge in [0, 0.05) is 6.20 Å². The zero-order chi connectivity index (χ0) is 16.4. The average molecular weight is 330 g/mol. The average Bonchev–Trinajstić information content (AvgIpc) is 2.95. The summed E-state index contributed by atoms with van der Waals surface area (Å²) >= 11 is 6.11. The van der Waals surface area contributed by atoms with Crippen molar-refractivity contribution >= 4 is 28.8 Å². The second kappa shape index (κ2) is 6.30. The second-order valence-corrected chi connectivity index (χ2v) is 5.37. The Balaban J connectivity index is 2.08. The molecule has 0 bridgehead atoms. The van der Waals surface area contributed by atoms with E-state index in [1.165, 1.54) is 0 Å². The molecule has 1 N–H and O–H groups in total. The van der Waals surface area contributed by atoms with Crippen molar-refractivity contribution in [3.05, 3.63) is 59.0 Å². The molecule has 0 radical (unpaired) electrons. The molecule has 0 atom stereocenters. The van der Waals surface area contributed by atoms with Crippen LogP contribution in [0, 0.1) is 0 Å². The standard InChI is InChI=1S/C17H16ClN3O2/c1-3-12-15(17(22)20-13-8-5-4-7-11(13)18)21-10-6-9-14(23-2)16(21)19-12/h4-10H,3H2,1-2H3,(H,20,22). The van der Waals surface area contributed by atoms with Crippen molar-refractivity contribution in [1.29, 1.82) is 0 Å². The lowest BCUT2D eigenvalue weighted by Crippen LogP contribution is -2.16. The van der Waals surface area contributed by atoms with Gasteiger partial charge in [0.05, 0.1) is 23.5 Å². The molecule has 23 heavy (non-hydrogen) atoms. The molecule has 0 spiro atoms. The van der Waals surface area contributed by atoms with Crippen LogP contribution in [0.1, 0.15) is 23.1 Å². The molecule has 6 heteroatoms. The van der Waals surface area contributed by atoms with Crippen LogP contribution in [0.15, 0.2) is 42.6 Å². The van der Waals surface area contributed by atoms with E-state index >= 15 is 0 Å². The summed E-state index contributed by atoms with van der Waals surface area (Å²) < 4.78 is 7.06. The number of rotatable bonds is 4. The minimum atomic E-state index is -0.254. The lowest BCUT2D eigenvalue weighted by Gasteiger charge is -2.08. The van der Waals surface area contributed by atoms with Crippen LogP contribution >= 0.6 is 11.6 Å². The number of aromatic nitrogens is 2. The van der Waals surface area contributed by atoms with Crippen molar-refractivity contribution in [3.8, 4) is 5.75 Å². The number of nitrogens with zero attached hydrogens (tertiary/aromatic N) is 2. The molecule has 0 unspecified atom stereocenters. The number of pyridine rings is 1. The van der Waals surface area contributed by atoms with Gasteiger partial charge >= 0.3 is 0 Å². The van der Waals surface area contributed by atoms with Gasteiger partial charge in [-0.3, -0.25) is 9.20 Å². The van der Waals surface area contributed by atoms with E-state index in [1.54, 1.807) is 29.8 Å². The van der Waals surface area contributed by atoms with E-state index in [4.69, 9.17) is 16.3 Å². The van der Waals surface area contributed by atoms with Gasteiger partial charge in [0.25, 0.3) is 5.91 Å². The Morgan fingerprint density at radius 2 is 2.09 bits per heavy atom. The van der Waals surface area contributed by atoms with Gasteiger partial charge < -0.3 is 10.1 Å². The number of hydrogen-bond acceptors (Lipinski definition) is 3. The molecular formula is C17H16ClN3O2. The summed E-state index contributed by atoms with van der Waals surface area (Å²) in [5, 5.41) is 3.34. The number of nitrogens with one attached hydrogen (secondary N) is 1. The molecule has 3 aromatic rings. The number of para-hydroxylation sites is 1. The molecule has 0 aliphatic heterocycles. The third kappa shape index (κ3) is 2.75. The number of methoxy groups -OCH3 is 1. The Hall–Kier alpha value is -2.53. The number of ether oxygens (including phenoxy) is 1. The predicted molar refractivity (Wildman–Crippen MR) is 90.5 cm³/mol. The van der Waals surface area contributed by atoms with Crippen LogP contribution in [0.4, 0.5) is 5.69 Å². The molecule has 0 aliphatic carbocycles. The molecule has 118 valence electrons. The van der Waals surface area contributed by atoms with E-state index < -0.39 is 0 Å². The number of aryl methyl sites for hydroxylation is 1. The molecule has 0 saturated carbocycles. The highest BCUT2D eigenvalue weighted by Gasteiger charge is 2.20. The number of amides is 1. The molecule has 0 saturated heterocycles. The molecule has 1 aromatic carbocycles. The molecule has 5 nitrogen and oxygen atoms in total. The van der Waals surface area contributed by atoms with E-state index in [0.717, 1.165) is 0 Å². The zero-order valence-corrected chi connectivity index (χ0v) is 13.6. The number of carbonyl (C=O) groups excluding carboxylic acids is 1. The highest BCUT2D eigenvalue weighted by atomic mass is 35.5. The van der Waals surface area contributed by atoms with Crippen LogP contribution in [-0.4, -0.2) is 22.4 Å². The summed E-state index contributed by atoms with van der Waals surface area (Å²) in [6, 6.07) is 10.8. The van der Waals surface area contributed by atoms with Crippen molar-refractivity contribution in [1.82, 2.24) is 9.38 Å². The van der Waals surface area contributed by atoms with Gasteiger partial charge in [-0.1, -0.05) is 30.7 Å². The van der Waals surface area contributed by atoms with Crippen molar-refractivity contribution in [3.63, 3.8) is 0 Å². The van der Waals surface area contributed by atoms with E-state index in [-0.39, 0.29) is 5.91 Å². The molecule has 2 aromatic heterocycles. The Labute approximate surface area is 138 Å². The fraction of sp³-hybridized carbons (Fsp3) is 0.176. The minimum Gasteiger partial charge on any atom is -0.493 e. The molecule has 2 heterocycles. The van der Waals surface area contributed by atoms with Crippen molar-refractivity contribution in [2.24, 2.45) is 0 Å². The molecule has 1 amide bonds. The highest BCUT2D eigenvalue weighted by Crippen LogP contribution is 2.25. The van der Waals surface area contributed by atoms with Crippen LogP contribution < -0.4 is 10.1 Å². The fourth-order valence-corrected chi connectivity index (χ4v) is 2.66. The fourth-order valence-electron chi connectivity index (χ4n) is 2.48. The van der Waals surface area contributed by atoms with E-state index in [9.17, 15) is 4.79 Å².